The van der Waals surface area contributed by atoms with E-state index >= 15 is 0 Å². The summed E-state index contributed by atoms with van der Waals surface area (Å²) in [7, 11) is 0. The van der Waals surface area contributed by atoms with Gasteiger partial charge in [-0.2, -0.15) is 0 Å². The number of nitrogens with two attached hydrogens (primary N) is 1. The van der Waals surface area contributed by atoms with E-state index in [4.69, 9.17) is 5.73 Å². The number of nitrogens with zero attached hydrogens (tertiary/aromatic N) is 1. The van der Waals surface area contributed by atoms with Crippen LogP contribution in [0.5, 0.6) is 0 Å². The highest BCUT2D eigenvalue weighted by atomic mass is 16.1. The summed E-state index contributed by atoms with van der Waals surface area (Å²) in [6.45, 7) is 6.13. The van der Waals surface area contributed by atoms with Gasteiger partial charge in [0.25, 0.3) is 0 Å². The summed E-state index contributed by atoms with van der Waals surface area (Å²) in [4.78, 5) is 13.0. The van der Waals surface area contributed by atoms with Crippen LogP contribution < -0.4 is 10.6 Å². The van der Waals surface area contributed by atoms with Gasteiger partial charge in [-0.3, -0.25) is 4.79 Å². The summed E-state index contributed by atoms with van der Waals surface area (Å²) in [6.07, 6.45) is 0. The number of carbonyl (C=O) groups excluding carboxylic acids is 1. The van der Waals surface area contributed by atoms with Crippen LogP contribution in [0.4, 0.5) is 5.69 Å². The average Bonchev–Trinajstić information content (AvgIpc) is 2.20. The second-order valence-electron chi connectivity index (χ2n) is 3.08. The molecule has 0 saturated heterocycles. The van der Waals surface area contributed by atoms with Gasteiger partial charge in [0.2, 0.25) is 5.91 Å². The van der Waals surface area contributed by atoms with Gasteiger partial charge < -0.3 is 10.6 Å². The number of hydrogen-bond acceptors (Lipinski definition) is 2. The van der Waals surface area contributed by atoms with Crippen LogP contribution in [-0.2, 0) is 0 Å². The minimum absolute atomic E-state index is 0.379. The maximum Gasteiger partial charge on any atom is 0.248 e. The molecule has 0 spiro atoms. The summed E-state index contributed by atoms with van der Waals surface area (Å²) < 4.78 is 0. The molecule has 3 heteroatoms. The van der Waals surface area contributed by atoms with Crippen LogP contribution in [-0.4, -0.2) is 19.0 Å². The molecule has 14 heavy (non-hydrogen) atoms. The Morgan fingerprint density at radius 1 is 1.21 bits per heavy atom. The highest BCUT2D eigenvalue weighted by molar-refractivity contribution is 5.93. The molecule has 3 nitrogen and oxygen atoms in total. The monoisotopic (exact) mass is 192 g/mol. The molecule has 0 aliphatic rings. The number of rotatable bonds is 4. The second-order valence-corrected chi connectivity index (χ2v) is 3.08. The zero-order valence-electron chi connectivity index (χ0n) is 8.66. The molecule has 0 saturated carbocycles. The molecule has 0 radical (unpaired) electrons. The summed E-state index contributed by atoms with van der Waals surface area (Å²) in [5.74, 6) is -0.379. The van der Waals surface area contributed by atoms with E-state index in [9.17, 15) is 4.79 Å². The number of anilines is 1. The van der Waals surface area contributed by atoms with Gasteiger partial charge in [-0.25, -0.2) is 0 Å². The molecule has 0 unspecified atom stereocenters. The van der Waals surface area contributed by atoms with Gasteiger partial charge in [0.1, 0.15) is 0 Å². The molecular weight excluding hydrogens is 176 g/mol. The fourth-order valence-electron chi connectivity index (χ4n) is 1.43. The lowest BCUT2D eigenvalue weighted by Crippen LogP contribution is -2.21. The Labute approximate surface area is 84.5 Å². The second kappa shape index (κ2) is 4.65. The van der Waals surface area contributed by atoms with Crippen molar-refractivity contribution in [3.05, 3.63) is 29.8 Å². The predicted octanol–water partition coefficient (Wildman–Crippen LogP) is 1.63. The van der Waals surface area contributed by atoms with E-state index in [1.54, 1.807) is 12.1 Å². The zero-order chi connectivity index (χ0) is 10.6. The number of primary amides is 1. The molecular formula is C11H16N2O. The Kier molecular flexibility index (Phi) is 3.51. The van der Waals surface area contributed by atoms with Crippen molar-refractivity contribution in [1.29, 1.82) is 0 Å². The highest BCUT2D eigenvalue weighted by Gasteiger charge is 2.03. The fraction of sp³-hybridized carbons (Fsp3) is 0.364. The molecule has 0 heterocycles. The Hall–Kier alpha value is -1.51. The normalized spacial score (nSPS) is 9.86. The SMILES string of the molecule is CCN(CC)c1ccc(C(N)=O)cc1. The van der Waals surface area contributed by atoms with Crippen molar-refractivity contribution in [2.75, 3.05) is 18.0 Å². The van der Waals surface area contributed by atoms with Crippen molar-refractivity contribution >= 4 is 11.6 Å². The summed E-state index contributed by atoms with van der Waals surface area (Å²) >= 11 is 0. The predicted molar refractivity (Wildman–Crippen MR) is 58.5 cm³/mol. The van der Waals surface area contributed by atoms with Crippen LogP contribution in [0.3, 0.4) is 0 Å². The molecule has 0 atom stereocenters. The van der Waals surface area contributed by atoms with Crippen LogP contribution in [0.15, 0.2) is 24.3 Å². The van der Waals surface area contributed by atoms with Gasteiger partial charge in [0, 0.05) is 24.3 Å². The summed E-state index contributed by atoms with van der Waals surface area (Å²) in [6, 6.07) is 7.37. The minimum atomic E-state index is -0.379. The molecule has 1 rings (SSSR count). The lowest BCUT2D eigenvalue weighted by Gasteiger charge is -2.20. The molecule has 0 fully saturated rings. The van der Waals surface area contributed by atoms with Gasteiger partial charge in [-0.05, 0) is 38.1 Å². The van der Waals surface area contributed by atoms with E-state index in [1.165, 1.54) is 0 Å². The molecule has 1 amide bonds. The smallest absolute Gasteiger partial charge is 0.248 e. The Morgan fingerprint density at radius 2 is 1.71 bits per heavy atom. The largest absolute Gasteiger partial charge is 0.372 e. The standard InChI is InChI=1S/C11H16N2O/c1-3-13(4-2)10-7-5-9(6-8-10)11(12)14/h5-8H,3-4H2,1-2H3,(H2,12,14). The summed E-state index contributed by atoms with van der Waals surface area (Å²) in [5.41, 5.74) is 6.83. The van der Waals surface area contributed by atoms with Crippen LogP contribution in [0.2, 0.25) is 0 Å². The Morgan fingerprint density at radius 3 is 2.07 bits per heavy atom. The van der Waals surface area contributed by atoms with E-state index in [-0.39, 0.29) is 5.91 Å². The number of hydrogen-bond donors (Lipinski definition) is 1. The molecule has 76 valence electrons. The van der Waals surface area contributed by atoms with Crippen LogP contribution in [0.25, 0.3) is 0 Å². The first-order chi connectivity index (χ1) is 6.69. The van der Waals surface area contributed by atoms with Crippen molar-refractivity contribution in [2.24, 2.45) is 5.73 Å². The third-order valence-electron chi connectivity index (χ3n) is 2.28. The van der Waals surface area contributed by atoms with Gasteiger partial charge >= 0.3 is 0 Å². The van der Waals surface area contributed by atoms with Crippen LogP contribution in [0.1, 0.15) is 24.2 Å². The molecule has 0 aliphatic carbocycles. The molecule has 0 aromatic heterocycles. The van der Waals surface area contributed by atoms with Crippen molar-refractivity contribution < 1.29 is 4.79 Å². The van der Waals surface area contributed by atoms with E-state index in [0.29, 0.717) is 5.56 Å². The molecule has 1 aromatic rings. The maximum atomic E-state index is 10.8. The first-order valence-electron chi connectivity index (χ1n) is 4.83. The van der Waals surface area contributed by atoms with Gasteiger partial charge in [0.15, 0.2) is 0 Å². The number of benzene rings is 1. The lowest BCUT2D eigenvalue weighted by molar-refractivity contribution is 0.100. The van der Waals surface area contributed by atoms with Crippen LogP contribution in [0, 0.1) is 0 Å². The fourth-order valence-corrected chi connectivity index (χ4v) is 1.43. The average molecular weight is 192 g/mol. The van der Waals surface area contributed by atoms with Gasteiger partial charge in [-0.1, -0.05) is 0 Å². The third-order valence-corrected chi connectivity index (χ3v) is 2.28. The number of carbonyl (C=O) groups is 1. The zero-order valence-corrected chi connectivity index (χ0v) is 8.66. The summed E-state index contributed by atoms with van der Waals surface area (Å²) in [5, 5.41) is 0. The van der Waals surface area contributed by atoms with Gasteiger partial charge in [-0.15, -0.1) is 0 Å². The van der Waals surface area contributed by atoms with Crippen molar-refractivity contribution in [1.82, 2.24) is 0 Å². The molecule has 0 aliphatic heterocycles. The van der Waals surface area contributed by atoms with Crippen molar-refractivity contribution in [2.45, 2.75) is 13.8 Å². The van der Waals surface area contributed by atoms with E-state index in [2.05, 4.69) is 18.7 Å². The first-order valence-corrected chi connectivity index (χ1v) is 4.83. The molecule has 1 aromatic carbocycles. The third kappa shape index (κ3) is 2.25. The van der Waals surface area contributed by atoms with Crippen molar-refractivity contribution in [3.8, 4) is 0 Å². The van der Waals surface area contributed by atoms with Crippen molar-refractivity contribution in [3.63, 3.8) is 0 Å². The van der Waals surface area contributed by atoms with Crippen LogP contribution >= 0.6 is 0 Å². The van der Waals surface area contributed by atoms with E-state index < -0.39 is 0 Å². The lowest BCUT2D eigenvalue weighted by atomic mass is 10.2. The quantitative estimate of drug-likeness (QED) is 0.788. The number of amides is 1. The van der Waals surface area contributed by atoms with Gasteiger partial charge in [0.05, 0.1) is 0 Å². The Bertz CT molecular complexity index is 302. The highest BCUT2D eigenvalue weighted by Crippen LogP contribution is 2.14. The molecule has 2 N–H and O–H groups in total. The first kappa shape index (κ1) is 10.6. The Balaban J connectivity index is 2.87. The topological polar surface area (TPSA) is 46.3 Å². The minimum Gasteiger partial charge on any atom is -0.372 e. The molecule has 0 bridgehead atoms. The van der Waals surface area contributed by atoms with E-state index in [0.717, 1.165) is 18.8 Å². The van der Waals surface area contributed by atoms with E-state index in [1.807, 2.05) is 12.1 Å². The maximum absolute atomic E-state index is 10.8.